The molecule has 3 N–H and O–H groups in total. The molecule has 3 aromatic rings. The van der Waals surface area contributed by atoms with Crippen molar-refractivity contribution in [2.24, 2.45) is 15.4 Å². The van der Waals surface area contributed by atoms with E-state index in [1.54, 1.807) is 45.2 Å². The lowest BCUT2D eigenvalue weighted by atomic mass is 9.95. The minimum absolute atomic E-state index is 0.0196. The molecule has 11 nitrogen and oxygen atoms in total. The van der Waals surface area contributed by atoms with Crippen LogP contribution in [0.3, 0.4) is 0 Å². The number of pyridine rings is 1. The molecule has 0 bridgehead atoms. The van der Waals surface area contributed by atoms with E-state index in [9.17, 15) is 27.9 Å². The number of phenolic OH excluding ortho intramolecular Hbond substituents is 1. The first-order valence-electron chi connectivity index (χ1n) is 13.8. The van der Waals surface area contributed by atoms with Crippen molar-refractivity contribution in [3.8, 4) is 11.6 Å². The summed E-state index contributed by atoms with van der Waals surface area (Å²) >= 11 is 0. The van der Waals surface area contributed by atoms with Crippen LogP contribution >= 0.6 is 0 Å². The SMILES string of the molecule is C=N/C=C(\C=N/COCC(C)(C)C(=O)O)c1ccc(NC)c(O)c1.CCCC.O=Cc1cn(-c2ccccn2)nc1C(F)(F)F. The fraction of sp³-hybridized carbons (Fsp3) is 0.355. The number of carboxylic acid groups (broad SMARTS) is 1. The van der Waals surface area contributed by atoms with E-state index >= 15 is 0 Å². The third kappa shape index (κ3) is 12.7. The molecule has 0 atom stereocenters. The van der Waals surface area contributed by atoms with Gasteiger partial charge >= 0.3 is 12.1 Å². The molecule has 0 aliphatic rings. The molecule has 0 spiro atoms. The van der Waals surface area contributed by atoms with E-state index in [2.05, 4.69) is 45.9 Å². The molecule has 1 aromatic carbocycles. The number of alkyl halides is 3. The van der Waals surface area contributed by atoms with Crippen molar-refractivity contribution >= 4 is 36.4 Å². The highest BCUT2D eigenvalue weighted by Crippen LogP contribution is 2.30. The van der Waals surface area contributed by atoms with Gasteiger partial charge in [0.05, 0.1) is 23.3 Å². The highest BCUT2D eigenvalue weighted by molar-refractivity contribution is 6.10. The van der Waals surface area contributed by atoms with Gasteiger partial charge in [-0.1, -0.05) is 38.8 Å². The second kappa shape index (κ2) is 18.7. The quantitative estimate of drug-likeness (QED) is 0.0882. The third-order valence-electron chi connectivity index (χ3n) is 5.79. The lowest BCUT2D eigenvalue weighted by Gasteiger charge is -2.17. The van der Waals surface area contributed by atoms with Crippen molar-refractivity contribution in [3.63, 3.8) is 0 Å². The number of aldehydes is 1. The molecule has 0 aliphatic carbocycles. The molecule has 0 amide bonds. The molecular weight excluding hydrogens is 593 g/mol. The molecule has 0 unspecified atom stereocenters. The number of halogens is 3. The van der Waals surface area contributed by atoms with Gasteiger partial charge in [0.15, 0.2) is 17.8 Å². The fourth-order valence-electron chi connectivity index (χ4n) is 3.05. The number of carbonyl (C=O) groups excluding carboxylic acids is 1. The first-order valence-corrected chi connectivity index (χ1v) is 13.8. The average molecular weight is 633 g/mol. The number of nitrogens with zero attached hydrogens (tertiary/aromatic N) is 5. The lowest BCUT2D eigenvalue weighted by molar-refractivity contribution is -0.150. The number of aliphatic carboxylic acids is 1. The van der Waals surface area contributed by atoms with E-state index in [4.69, 9.17) is 9.84 Å². The van der Waals surface area contributed by atoms with Gasteiger partial charge in [-0.2, -0.15) is 18.3 Å². The predicted octanol–water partition coefficient (Wildman–Crippen LogP) is 6.54. The Morgan fingerprint density at radius 1 is 1.18 bits per heavy atom. The number of hydrogen-bond donors (Lipinski definition) is 3. The maximum absolute atomic E-state index is 12.5. The molecule has 0 fully saturated rings. The van der Waals surface area contributed by atoms with E-state index in [1.165, 1.54) is 37.5 Å². The minimum atomic E-state index is -4.66. The summed E-state index contributed by atoms with van der Waals surface area (Å²) in [5.74, 6) is -0.605. The van der Waals surface area contributed by atoms with Crippen LogP contribution in [0, 0.1) is 5.41 Å². The number of ether oxygens (including phenoxy) is 1. The summed E-state index contributed by atoms with van der Waals surface area (Å²) in [6.45, 7) is 11.0. The number of hydrogen-bond acceptors (Lipinski definition) is 9. The second-order valence-electron chi connectivity index (χ2n) is 9.91. The van der Waals surface area contributed by atoms with Crippen LogP contribution in [0.2, 0.25) is 0 Å². The molecule has 0 aliphatic heterocycles. The maximum Gasteiger partial charge on any atom is 0.435 e. The van der Waals surface area contributed by atoms with Crippen molar-refractivity contribution in [1.82, 2.24) is 14.8 Å². The monoisotopic (exact) mass is 632 g/mol. The van der Waals surface area contributed by atoms with Crippen LogP contribution < -0.4 is 5.32 Å². The molecular formula is C31H39F3N6O5. The first-order chi connectivity index (χ1) is 21.2. The van der Waals surface area contributed by atoms with Crippen LogP contribution in [-0.2, 0) is 15.7 Å². The number of carbonyl (C=O) groups is 2. The number of aromatic nitrogens is 3. The Morgan fingerprint density at radius 2 is 1.87 bits per heavy atom. The van der Waals surface area contributed by atoms with E-state index in [0.29, 0.717) is 16.8 Å². The number of aliphatic imine (C=N–C) groups is 2. The highest BCUT2D eigenvalue weighted by Gasteiger charge is 2.37. The molecule has 14 heteroatoms. The summed E-state index contributed by atoms with van der Waals surface area (Å²) in [5, 5.41) is 25.1. The normalized spacial score (nSPS) is 11.6. The van der Waals surface area contributed by atoms with Gasteiger partial charge in [0.2, 0.25) is 0 Å². The van der Waals surface area contributed by atoms with Gasteiger partial charge in [0.1, 0.15) is 12.5 Å². The van der Waals surface area contributed by atoms with Crippen molar-refractivity contribution in [3.05, 3.63) is 71.8 Å². The van der Waals surface area contributed by atoms with Gasteiger partial charge in [-0.15, -0.1) is 0 Å². The maximum atomic E-state index is 12.5. The van der Waals surface area contributed by atoms with Gasteiger partial charge in [0, 0.05) is 37.4 Å². The Balaban J connectivity index is 0.000000418. The van der Waals surface area contributed by atoms with Gasteiger partial charge in [-0.05, 0) is 50.4 Å². The molecule has 0 radical (unpaired) electrons. The van der Waals surface area contributed by atoms with Crippen molar-refractivity contribution in [1.29, 1.82) is 0 Å². The Labute approximate surface area is 260 Å². The number of anilines is 1. The number of unbranched alkanes of at least 4 members (excludes halogenated alkanes) is 1. The number of aromatic hydroxyl groups is 1. The summed E-state index contributed by atoms with van der Waals surface area (Å²) in [6, 6.07) is 9.85. The van der Waals surface area contributed by atoms with E-state index in [0.717, 1.165) is 10.9 Å². The summed E-state index contributed by atoms with van der Waals surface area (Å²) in [6.07, 6.45) is 3.57. The summed E-state index contributed by atoms with van der Waals surface area (Å²) in [7, 11) is 1.72. The number of rotatable bonds is 12. The minimum Gasteiger partial charge on any atom is -0.506 e. The zero-order chi connectivity index (χ0) is 34.0. The number of allylic oxidation sites excluding steroid dienone is 1. The predicted molar refractivity (Wildman–Crippen MR) is 168 cm³/mol. The molecule has 3 rings (SSSR count). The zero-order valence-corrected chi connectivity index (χ0v) is 25.9. The highest BCUT2D eigenvalue weighted by atomic mass is 19.4. The largest absolute Gasteiger partial charge is 0.506 e. The molecule has 2 heterocycles. The van der Waals surface area contributed by atoms with Crippen molar-refractivity contribution < 1.29 is 37.7 Å². The van der Waals surface area contributed by atoms with E-state index in [-0.39, 0.29) is 31.2 Å². The summed E-state index contributed by atoms with van der Waals surface area (Å²) in [4.78, 5) is 33.2. The Bertz CT molecular complexity index is 1440. The van der Waals surface area contributed by atoms with Crippen LogP contribution in [-0.4, -0.2) is 70.6 Å². The van der Waals surface area contributed by atoms with Crippen LogP contribution in [0.25, 0.3) is 11.4 Å². The van der Waals surface area contributed by atoms with Crippen LogP contribution in [0.1, 0.15) is 62.2 Å². The van der Waals surface area contributed by atoms with Crippen LogP contribution in [0.15, 0.2) is 65.0 Å². The fourth-order valence-corrected chi connectivity index (χ4v) is 3.05. The topological polar surface area (TPSA) is 151 Å². The lowest BCUT2D eigenvalue weighted by Crippen LogP contribution is -2.29. The number of phenols is 1. The number of nitrogens with one attached hydrogen (secondary N) is 1. The van der Waals surface area contributed by atoms with Gasteiger partial charge in [0.25, 0.3) is 0 Å². The van der Waals surface area contributed by atoms with Crippen molar-refractivity contribution in [2.75, 3.05) is 25.7 Å². The standard InChI is InChI=1S/C17H23N3O4.C10H6F3N3O.C4H10/c1-17(2,16(22)23)10-24-11-20-9-13(8-18-3)12-5-6-14(19-4)15(21)7-12;11-10(12,13)9-7(6-17)5-16(15-9)8-3-1-2-4-14-8;1-3-4-2/h5-9,19,21H,3,10-11H2,1-2,4H3,(H,22,23);1-6H;3-4H2,1-2H3/b13-8+,20-9-;;. The Morgan fingerprint density at radius 3 is 2.33 bits per heavy atom. The van der Waals surface area contributed by atoms with Crippen LogP contribution in [0.4, 0.5) is 18.9 Å². The van der Waals surface area contributed by atoms with Gasteiger partial charge in [-0.25, -0.2) is 9.67 Å². The smallest absolute Gasteiger partial charge is 0.435 e. The second-order valence-corrected chi connectivity index (χ2v) is 9.91. The molecule has 0 saturated carbocycles. The van der Waals surface area contributed by atoms with E-state index in [1.807, 2.05) is 6.07 Å². The zero-order valence-electron chi connectivity index (χ0n) is 25.9. The summed E-state index contributed by atoms with van der Waals surface area (Å²) in [5.41, 5.74) is -0.717. The molecule has 244 valence electrons. The summed E-state index contributed by atoms with van der Waals surface area (Å²) < 4.78 is 43.7. The van der Waals surface area contributed by atoms with Gasteiger partial charge in [-0.3, -0.25) is 19.6 Å². The first kappa shape index (κ1) is 38.2. The van der Waals surface area contributed by atoms with Crippen molar-refractivity contribution in [2.45, 2.75) is 46.7 Å². The average Bonchev–Trinajstić information content (AvgIpc) is 3.47. The number of benzene rings is 1. The molecule has 45 heavy (non-hydrogen) atoms. The van der Waals surface area contributed by atoms with E-state index < -0.39 is 28.8 Å². The number of carboxylic acids is 1. The van der Waals surface area contributed by atoms with Crippen LogP contribution in [0.5, 0.6) is 5.75 Å². The molecule has 0 saturated heterocycles. The Kier molecular flexibility index (Phi) is 15.9. The third-order valence-corrected chi connectivity index (χ3v) is 5.79. The molecule has 2 aromatic heterocycles. The van der Waals surface area contributed by atoms with Gasteiger partial charge < -0.3 is 20.3 Å². The Hall–Kier alpha value is -4.85.